The van der Waals surface area contributed by atoms with E-state index in [9.17, 15) is 18.0 Å². The molecule has 8 nitrogen and oxygen atoms in total. The number of carbonyl (C=O) groups excluding carboxylic acids is 2. The zero-order valence-corrected chi connectivity index (χ0v) is 23.9. The number of nitrogens with one attached hydrogen (secondary N) is 1. The minimum atomic E-state index is -3.93. The Balaban J connectivity index is 1.31. The number of hydrogen-bond acceptors (Lipinski definition) is 5. The number of benzene rings is 2. The Bertz CT molecular complexity index is 1300. The predicted molar refractivity (Wildman–Crippen MR) is 151 cm³/mol. The number of aryl methyl sites for hydroxylation is 2. The van der Waals surface area contributed by atoms with E-state index in [0.717, 1.165) is 50.0 Å². The first-order valence-corrected chi connectivity index (χ1v) is 15.6. The summed E-state index contributed by atoms with van der Waals surface area (Å²) >= 11 is 0. The van der Waals surface area contributed by atoms with Crippen LogP contribution >= 0.6 is 0 Å². The van der Waals surface area contributed by atoms with Gasteiger partial charge in [0.2, 0.25) is 21.8 Å². The standard InChI is InChI=1S/C30H40N4O4S/c1-22-9-12-25(13-10-22)39(37,38)34-18-15-31-30(36)28(34)20-29(35)32(2)27-8-6-7-24-19-23(11-14-26(24)27)21-33-16-4-3-5-17-33/h9-14,19,27-28H,3-8,15-18,20-21H2,1-2H3,(H,31,36)/t27-,28-/m1/s1. The highest BCUT2D eigenvalue weighted by atomic mass is 32.2. The van der Waals surface area contributed by atoms with Gasteiger partial charge in [-0.25, -0.2) is 8.42 Å². The molecule has 5 rings (SSSR count). The number of hydrogen-bond donors (Lipinski definition) is 1. The van der Waals surface area contributed by atoms with Crippen LogP contribution < -0.4 is 5.32 Å². The van der Waals surface area contributed by atoms with Crippen LogP contribution in [0.4, 0.5) is 0 Å². The van der Waals surface area contributed by atoms with Crippen LogP contribution in [0.15, 0.2) is 47.4 Å². The van der Waals surface area contributed by atoms with Gasteiger partial charge < -0.3 is 10.2 Å². The molecule has 2 aromatic carbocycles. The van der Waals surface area contributed by atoms with E-state index < -0.39 is 22.0 Å². The van der Waals surface area contributed by atoms with Gasteiger partial charge in [-0.1, -0.05) is 42.3 Å². The predicted octanol–water partition coefficient (Wildman–Crippen LogP) is 3.40. The molecule has 2 heterocycles. The Hall–Kier alpha value is -2.75. The summed E-state index contributed by atoms with van der Waals surface area (Å²) in [6, 6.07) is 12.1. The lowest BCUT2D eigenvalue weighted by atomic mass is 9.85. The highest BCUT2D eigenvalue weighted by molar-refractivity contribution is 7.89. The van der Waals surface area contributed by atoms with E-state index in [1.807, 2.05) is 6.92 Å². The van der Waals surface area contributed by atoms with E-state index in [1.165, 1.54) is 34.7 Å². The maximum absolute atomic E-state index is 13.6. The average Bonchev–Trinajstić information content (AvgIpc) is 2.94. The first kappa shape index (κ1) is 27.8. The summed E-state index contributed by atoms with van der Waals surface area (Å²) in [7, 11) is -2.14. The number of carbonyl (C=O) groups is 2. The van der Waals surface area contributed by atoms with Gasteiger partial charge in [-0.2, -0.15) is 4.31 Å². The number of piperidine rings is 1. The van der Waals surface area contributed by atoms with E-state index >= 15 is 0 Å². The molecule has 0 spiro atoms. The zero-order valence-electron chi connectivity index (χ0n) is 23.1. The molecule has 0 unspecified atom stereocenters. The Morgan fingerprint density at radius 2 is 1.77 bits per heavy atom. The van der Waals surface area contributed by atoms with Gasteiger partial charge in [-0.05, 0) is 80.9 Å². The van der Waals surface area contributed by atoms with Crippen LogP contribution in [0.25, 0.3) is 0 Å². The van der Waals surface area contributed by atoms with Crippen molar-refractivity contribution in [1.29, 1.82) is 0 Å². The summed E-state index contributed by atoms with van der Waals surface area (Å²) in [5.41, 5.74) is 4.72. The Labute approximate surface area is 232 Å². The number of nitrogens with zero attached hydrogens (tertiary/aromatic N) is 3. The summed E-state index contributed by atoms with van der Waals surface area (Å²) < 4.78 is 28.1. The van der Waals surface area contributed by atoms with Crippen LogP contribution in [-0.2, 0) is 32.6 Å². The summed E-state index contributed by atoms with van der Waals surface area (Å²) in [5, 5.41) is 2.75. The lowest BCUT2D eigenvalue weighted by Gasteiger charge is -2.37. The molecule has 2 fully saturated rings. The lowest BCUT2D eigenvalue weighted by Crippen LogP contribution is -2.58. The van der Waals surface area contributed by atoms with Crippen LogP contribution in [0.1, 0.15) is 66.8 Å². The van der Waals surface area contributed by atoms with Gasteiger partial charge in [0.1, 0.15) is 6.04 Å². The third-order valence-electron chi connectivity index (χ3n) is 8.48. The van der Waals surface area contributed by atoms with Crippen LogP contribution in [0.5, 0.6) is 0 Å². The smallest absolute Gasteiger partial charge is 0.243 e. The molecule has 2 saturated heterocycles. The Morgan fingerprint density at radius 1 is 1.03 bits per heavy atom. The normalized spacial score (nSPS) is 22.7. The van der Waals surface area contributed by atoms with Gasteiger partial charge in [-0.3, -0.25) is 14.5 Å². The van der Waals surface area contributed by atoms with E-state index in [0.29, 0.717) is 0 Å². The molecule has 0 radical (unpaired) electrons. The van der Waals surface area contributed by atoms with Gasteiger partial charge in [0, 0.05) is 26.7 Å². The average molecular weight is 553 g/mol. The van der Waals surface area contributed by atoms with E-state index in [-0.39, 0.29) is 36.4 Å². The Morgan fingerprint density at radius 3 is 2.51 bits per heavy atom. The van der Waals surface area contributed by atoms with Gasteiger partial charge in [0.05, 0.1) is 17.4 Å². The molecule has 210 valence electrons. The second-order valence-corrected chi connectivity index (χ2v) is 13.1. The fourth-order valence-electron chi connectivity index (χ4n) is 6.22. The molecule has 0 aromatic heterocycles. The zero-order chi connectivity index (χ0) is 27.6. The fraction of sp³-hybridized carbons (Fsp3) is 0.533. The first-order chi connectivity index (χ1) is 18.7. The van der Waals surface area contributed by atoms with Crippen molar-refractivity contribution in [1.82, 2.24) is 19.4 Å². The number of amides is 2. The van der Waals surface area contributed by atoms with Crippen molar-refractivity contribution in [2.24, 2.45) is 0 Å². The van der Waals surface area contributed by atoms with Crippen molar-refractivity contribution in [3.05, 3.63) is 64.7 Å². The highest BCUT2D eigenvalue weighted by Crippen LogP contribution is 2.35. The van der Waals surface area contributed by atoms with Gasteiger partial charge >= 0.3 is 0 Å². The van der Waals surface area contributed by atoms with E-state index in [1.54, 1.807) is 36.2 Å². The van der Waals surface area contributed by atoms with E-state index in [2.05, 4.69) is 28.4 Å². The second-order valence-electron chi connectivity index (χ2n) is 11.2. The quantitative estimate of drug-likeness (QED) is 0.569. The van der Waals surface area contributed by atoms with Crippen LogP contribution in [0.2, 0.25) is 0 Å². The molecule has 9 heteroatoms. The molecule has 2 atom stereocenters. The number of piperazine rings is 1. The van der Waals surface area contributed by atoms with Crippen molar-refractivity contribution in [3.63, 3.8) is 0 Å². The van der Waals surface area contributed by atoms with Gasteiger partial charge in [-0.15, -0.1) is 0 Å². The maximum Gasteiger partial charge on any atom is 0.243 e. The molecule has 1 N–H and O–H groups in total. The van der Waals surface area contributed by atoms with Crippen LogP contribution in [0, 0.1) is 6.92 Å². The van der Waals surface area contributed by atoms with Gasteiger partial charge in [0.25, 0.3) is 0 Å². The van der Waals surface area contributed by atoms with Gasteiger partial charge in [0.15, 0.2) is 0 Å². The topological polar surface area (TPSA) is 90.0 Å². The number of fused-ring (bicyclic) bond motifs is 1. The largest absolute Gasteiger partial charge is 0.353 e. The first-order valence-electron chi connectivity index (χ1n) is 14.2. The minimum Gasteiger partial charge on any atom is -0.353 e. The van der Waals surface area contributed by atoms with Crippen molar-refractivity contribution in [3.8, 4) is 0 Å². The number of rotatable bonds is 7. The SMILES string of the molecule is Cc1ccc(S(=O)(=O)N2CCNC(=O)[C@H]2CC(=O)N(C)[C@@H]2CCCc3cc(CN4CCCCC4)ccc32)cc1. The Kier molecular flexibility index (Phi) is 8.40. The maximum atomic E-state index is 13.6. The monoisotopic (exact) mass is 552 g/mol. The fourth-order valence-corrected chi connectivity index (χ4v) is 7.81. The van der Waals surface area contributed by atoms with E-state index in [4.69, 9.17) is 0 Å². The molecule has 39 heavy (non-hydrogen) atoms. The van der Waals surface area contributed by atoms with Crippen molar-refractivity contribution < 1.29 is 18.0 Å². The molecule has 1 aliphatic carbocycles. The molecule has 2 aliphatic heterocycles. The molecule has 3 aliphatic rings. The minimum absolute atomic E-state index is 0.0842. The molecule has 0 bridgehead atoms. The second kappa shape index (κ2) is 11.8. The number of likely N-dealkylation sites (tertiary alicyclic amines) is 1. The molecule has 2 amide bonds. The molecule has 2 aromatic rings. The summed E-state index contributed by atoms with van der Waals surface area (Å²) in [4.78, 5) is 30.8. The number of sulfonamides is 1. The summed E-state index contributed by atoms with van der Waals surface area (Å²) in [5.74, 6) is -0.651. The van der Waals surface area contributed by atoms with Crippen LogP contribution in [0.3, 0.4) is 0 Å². The molecule has 0 saturated carbocycles. The third-order valence-corrected chi connectivity index (χ3v) is 10.4. The van der Waals surface area contributed by atoms with Crippen molar-refractivity contribution in [2.45, 2.75) is 75.4 Å². The van der Waals surface area contributed by atoms with Crippen molar-refractivity contribution >= 4 is 21.8 Å². The molecular weight excluding hydrogens is 512 g/mol. The van der Waals surface area contributed by atoms with Crippen molar-refractivity contribution in [2.75, 3.05) is 33.2 Å². The summed E-state index contributed by atoms with van der Waals surface area (Å²) in [6.45, 7) is 5.52. The highest BCUT2D eigenvalue weighted by Gasteiger charge is 2.41. The lowest BCUT2D eigenvalue weighted by molar-refractivity contribution is -0.138. The third kappa shape index (κ3) is 6.05. The summed E-state index contributed by atoms with van der Waals surface area (Å²) in [6.07, 6.45) is 6.50. The van der Waals surface area contributed by atoms with Crippen LogP contribution in [-0.4, -0.2) is 73.6 Å². The molecular formula is C30H40N4O4S.